The lowest BCUT2D eigenvalue weighted by Crippen LogP contribution is -2.46. The molecule has 1 aliphatic heterocycles. The van der Waals surface area contributed by atoms with Crippen molar-refractivity contribution in [2.75, 3.05) is 26.2 Å². The number of nitrogens with zero attached hydrogens (tertiary/aromatic N) is 2. The van der Waals surface area contributed by atoms with Crippen LogP contribution in [0.2, 0.25) is 5.02 Å². The summed E-state index contributed by atoms with van der Waals surface area (Å²) in [5.41, 5.74) is 1.14. The highest BCUT2D eigenvalue weighted by Crippen LogP contribution is 2.12. The smallest absolute Gasteiger partial charge is 0.229 e. The molecule has 7 heteroatoms. The molecule has 0 aromatic heterocycles. The predicted octanol–water partition coefficient (Wildman–Crippen LogP) is 1.98. The van der Waals surface area contributed by atoms with Crippen LogP contribution in [-0.4, -0.2) is 48.9 Å². The van der Waals surface area contributed by atoms with Gasteiger partial charge >= 0.3 is 0 Å². The van der Waals surface area contributed by atoms with E-state index in [1.165, 1.54) is 4.90 Å². The van der Waals surface area contributed by atoms with Crippen LogP contribution in [0.25, 0.3) is 0 Å². The van der Waals surface area contributed by atoms with Crippen LogP contribution in [0.4, 0.5) is 0 Å². The first-order valence-electron chi connectivity index (χ1n) is 8.70. The van der Waals surface area contributed by atoms with Crippen LogP contribution in [-0.2, 0) is 16.0 Å². The molecule has 2 N–H and O–H groups in total. The van der Waals surface area contributed by atoms with E-state index >= 15 is 0 Å². The van der Waals surface area contributed by atoms with Crippen molar-refractivity contribution in [3.63, 3.8) is 0 Å². The van der Waals surface area contributed by atoms with E-state index in [1.54, 1.807) is 0 Å². The molecule has 136 valence electrons. The molecular formula is C18H25ClN4O2. The molecule has 0 radical (unpaired) electrons. The molecule has 1 fully saturated rings. The Morgan fingerprint density at radius 3 is 2.68 bits per heavy atom. The highest BCUT2D eigenvalue weighted by atomic mass is 35.5. The van der Waals surface area contributed by atoms with Gasteiger partial charge in [0.25, 0.3) is 0 Å². The number of halogens is 1. The molecule has 0 aliphatic carbocycles. The van der Waals surface area contributed by atoms with Crippen LogP contribution in [0.1, 0.15) is 31.7 Å². The van der Waals surface area contributed by atoms with Gasteiger partial charge in [-0.1, -0.05) is 23.7 Å². The molecule has 0 bridgehead atoms. The summed E-state index contributed by atoms with van der Waals surface area (Å²) in [6.45, 7) is 4.21. The normalized spacial score (nSPS) is 15.4. The number of benzene rings is 1. The van der Waals surface area contributed by atoms with Crippen molar-refractivity contribution in [2.24, 2.45) is 4.99 Å². The van der Waals surface area contributed by atoms with Crippen LogP contribution in [0.3, 0.4) is 0 Å². The minimum Gasteiger partial charge on any atom is -0.357 e. The van der Waals surface area contributed by atoms with Gasteiger partial charge in [-0.3, -0.25) is 19.5 Å². The quantitative estimate of drug-likeness (QED) is 0.441. The molecule has 2 rings (SSSR count). The Balaban J connectivity index is 1.81. The molecule has 2 amide bonds. The summed E-state index contributed by atoms with van der Waals surface area (Å²) in [5.74, 6) is 0.517. The number of rotatable bonds is 7. The largest absolute Gasteiger partial charge is 0.357 e. The Labute approximate surface area is 153 Å². The maximum atomic E-state index is 11.8. The number of hydrogen-bond acceptors (Lipinski definition) is 3. The standard InChI is InChI=1S/C18H25ClN4O2/c1-2-20-18(21-10-9-14-5-3-6-15(19)13-14)22-11-12-23-16(24)7-4-8-17(23)25/h3,5-6,13H,2,4,7-12H2,1H3,(H2,20,21,22). The Morgan fingerprint density at radius 1 is 1.24 bits per heavy atom. The van der Waals surface area contributed by atoms with Crippen LogP contribution in [0, 0.1) is 0 Å². The second-order valence-electron chi connectivity index (χ2n) is 5.86. The number of carbonyl (C=O) groups is 2. The molecule has 0 atom stereocenters. The molecule has 1 aromatic carbocycles. The van der Waals surface area contributed by atoms with E-state index in [1.807, 2.05) is 31.2 Å². The van der Waals surface area contributed by atoms with Gasteiger partial charge in [-0.05, 0) is 37.5 Å². The zero-order valence-electron chi connectivity index (χ0n) is 14.6. The summed E-state index contributed by atoms with van der Waals surface area (Å²) >= 11 is 5.98. The fraction of sp³-hybridized carbons (Fsp3) is 0.500. The zero-order chi connectivity index (χ0) is 18.1. The van der Waals surface area contributed by atoms with Crippen molar-refractivity contribution >= 4 is 29.4 Å². The van der Waals surface area contributed by atoms with Gasteiger partial charge in [0, 0.05) is 44.0 Å². The van der Waals surface area contributed by atoms with Gasteiger partial charge in [0.05, 0.1) is 0 Å². The highest BCUT2D eigenvalue weighted by molar-refractivity contribution is 6.30. The molecule has 0 saturated carbocycles. The first-order valence-corrected chi connectivity index (χ1v) is 9.07. The zero-order valence-corrected chi connectivity index (χ0v) is 15.3. The second kappa shape index (κ2) is 10.0. The minimum atomic E-state index is -0.0825. The SMILES string of the molecule is CCNC(=NCCc1cccc(Cl)c1)NCCN1C(=O)CCCC1=O. The van der Waals surface area contributed by atoms with E-state index in [0.29, 0.717) is 44.9 Å². The Hall–Kier alpha value is -2.08. The molecule has 0 unspecified atom stereocenters. The molecule has 0 spiro atoms. The highest BCUT2D eigenvalue weighted by Gasteiger charge is 2.25. The molecule has 1 saturated heterocycles. The lowest BCUT2D eigenvalue weighted by molar-refractivity contribution is -0.147. The van der Waals surface area contributed by atoms with E-state index in [4.69, 9.17) is 11.6 Å². The first-order chi connectivity index (χ1) is 12.1. The van der Waals surface area contributed by atoms with Gasteiger partial charge < -0.3 is 10.6 Å². The molecule has 1 heterocycles. The van der Waals surface area contributed by atoms with Crippen molar-refractivity contribution < 1.29 is 9.59 Å². The fourth-order valence-electron chi connectivity index (χ4n) is 2.67. The van der Waals surface area contributed by atoms with Crippen molar-refractivity contribution in [1.82, 2.24) is 15.5 Å². The van der Waals surface area contributed by atoms with Crippen molar-refractivity contribution in [3.05, 3.63) is 34.9 Å². The summed E-state index contributed by atoms with van der Waals surface area (Å²) in [7, 11) is 0. The lowest BCUT2D eigenvalue weighted by Gasteiger charge is -2.25. The number of nitrogens with one attached hydrogen (secondary N) is 2. The van der Waals surface area contributed by atoms with Crippen LogP contribution in [0.5, 0.6) is 0 Å². The van der Waals surface area contributed by atoms with Gasteiger partial charge in [0.15, 0.2) is 5.96 Å². The maximum Gasteiger partial charge on any atom is 0.229 e. The third-order valence-corrected chi connectivity index (χ3v) is 4.15. The third kappa shape index (κ3) is 6.38. The number of carbonyl (C=O) groups excluding carboxylic acids is 2. The average molecular weight is 365 g/mol. The monoisotopic (exact) mass is 364 g/mol. The molecule has 25 heavy (non-hydrogen) atoms. The Bertz CT molecular complexity index is 617. The topological polar surface area (TPSA) is 73.8 Å². The fourth-order valence-corrected chi connectivity index (χ4v) is 2.88. The minimum absolute atomic E-state index is 0.0825. The number of imide groups is 1. The summed E-state index contributed by atoms with van der Waals surface area (Å²) < 4.78 is 0. The van der Waals surface area contributed by atoms with E-state index in [9.17, 15) is 9.59 Å². The van der Waals surface area contributed by atoms with Crippen molar-refractivity contribution in [1.29, 1.82) is 0 Å². The lowest BCUT2D eigenvalue weighted by atomic mass is 10.1. The van der Waals surface area contributed by atoms with E-state index in [2.05, 4.69) is 15.6 Å². The maximum absolute atomic E-state index is 11.8. The summed E-state index contributed by atoms with van der Waals surface area (Å²) in [4.78, 5) is 29.4. The number of piperidine rings is 1. The molecular weight excluding hydrogens is 340 g/mol. The molecule has 1 aromatic rings. The Morgan fingerprint density at radius 2 is 2.00 bits per heavy atom. The number of amides is 2. The second-order valence-corrected chi connectivity index (χ2v) is 6.30. The van der Waals surface area contributed by atoms with Crippen molar-refractivity contribution in [3.8, 4) is 0 Å². The van der Waals surface area contributed by atoms with Gasteiger partial charge in [-0.2, -0.15) is 0 Å². The predicted molar refractivity (Wildman–Crippen MR) is 99.7 cm³/mol. The van der Waals surface area contributed by atoms with E-state index in [0.717, 1.165) is 23.6 Å². The summed E-state index contributed by atoms with van der Waals surface area (Å²) in [5, 5.41) is 7.06. The van der Waals surface area contributed by atoms with Gasteiger partial charge in [0.1, 0.15) is 0 Å². The van der Waals surface area contributed by atoms with Crippen LogP contribution in [0.15, 0.2) is 29.3 Å². The Kier molecular flexibility index (Phi) is 7.73. The molecule has 1 aliphatic rings. The average Bonchev–Trinajstić information content (AvgIpc) is 2.57. The van der Waals surface area contributed by atoms with Crippen molar-refractivity contribution in [2.45, 2.75) is 32.6 Å². The number of aliphatic imine (C=N–C) groups is 1. The van der Waals surface area contributed by atoms with Crippen LogP contribution >= 0.6 is 11.6 Å². The van der Waals surface area contributed by atoms with E-state index < -0.39 is 0 Å². The summed E-state index contributed by atoms with van der Waals surface area (Å²) in [6.07, 6.45) is 2.37. The van der Waals surface area contributed by atoms with E-state index in [-0.39, 0.29) is 11.8 Å². The van der Waals surface area contributed by atoms with Gasteiger partial charge in [-0.15, -0.1) is 0 Å². The van der Waals surface area contributed by atoms with Crippen LogP contribution < -0.4 is 10.6 Å². The summed E-state index contributed by atoms with van der Waals surface area (Å²) in [6, 6.07) is 7.74. The van der Waals surface area contributed by atoms with Gasteiger partial charge in [0.2, 0.25) is 11.8 Å². The number of likely N-dealkylation sites (tertiary alicyclic amines) is 1. The first kappa shape index (κ1) is 19.2. The number of hydrogen-bond donors (Lipinski definition) is 2. The third-order valence-electron chi connectivity index (χ3n) is 3.91. The van der Waals surface area contributed by atoms with Gasteiger partial charge in [-0.25, -0.2) is 0 Å². The number of guanidine groups is 1. The molecule has 6 nitrogen and oxygen atoms in total.